The van der Waals surface area contributed by atoms with Crippen molar-refractivity contribution in [2.75, 3.05) is 10.6 Å². The lowest BCUT2D eigenvalue weighted by atomic mass is 9.89. The normalized spacial score (nSPS) is 14.1. The molecule has 1 aliphatic carbocycles. The van der Waals surface area contributed by atoms with Crippen molar-refractivity contribution in [2.24, 2.45) is 0 Å². The van der Waals surface area contributed by atoms with Crippen molar-refractivity contribution < 1.29 is 9.59 Å². The minimum atomic E-state index is -0.437. The maximum absolute atomic E-state index is 12.6. The van der Waals surface area contributed by atoms with Gasteiger partial charge in [-0.2, -0.15) is 5.26 Å². The number of aryl methyl sites for hydroxylation is 2. The van der Waals surface area contributed by atoms with Gasteiger partial charge in [-0.1, -0.05) is 24.3 Å². The molecule has 30 heavy (non-hydrogen) atoms. The van der Waals surface area contributed by atoms with Gasteiger partial charge in [0.05, 0.1) is 6.04 Å². The first-order valence-electron chi connectivity index (χ1n) is 10.1. The highest BCUT2D eigenvalue weighted by molar-refractivity contribution is 5.97. The van der Waals surface area contributed by atoms with Gasteiger partial charge in [-0.25, -0.2) is 0 Å². The Morgan fingerprint density at radius 3 is 2.53 bits per heavy atom. The molecule has 3 rings (SSSR count). The van der Waals surface area contributed by atoms with Crippen LogP contribution in [0.4, 0.5) is 11.4 Å². The van der Waals surface area contributed by atoms with Crippen LogP contribution in [0.15, 0.2) is 54.2 Å². The maximum atomic E-state index is 12.6. The van der Waals surface area contributed by atoms with E-state index >= 15 is 0 Å². The van der Waals surface area contributed by atoms with Crippen molar-refractivity contribution in [3.8, 4) is 6.07 Å². The van der Waals surface area contributed by atoms with Crippen molar-refractivity contribution in [3.63, 3.8) is 0 Å². The molecular weight excluding hydrogens is 376 g/mol. The van der Waals surface area contributed by atoms with Crippen molar-refractivity contribution in [3.05, 3.63) is 70.9 Å². The summed E-state index contributed by atoms with van der Waals surface area (Å²) in [7, 11) is 0. The van der Waals surface area contributed by atoms with E-state index in [0.717, 1.165) is 18.4 Å². The SMILES string of the molecule is CC(=O)Nc1cccc(N/C=C(/C#N)C(=O)NC(C)c2ccc3c(c2)CCCC3)c1. The summed E-state index contributed by atoms with van der Waals surface area (Å²) in [4.78, 5) is 23.8. The Balaban J connectivity index is 1.66. The molecule has 3 N–H and O–H groups in total. The Bertz CT molecular complexity index is 1020. The van der Waals surface area contributed by atoms with Crippen LogP contribution in [-0.4, -0.2) is 11.8 Å². The lowest BCUT2D eigenvalue weighted by Gasteiger charge is -2.20. The number of hydrogen-bond acceptors (Lipinski definition) is 4. The number of fused-ring (bicyclic) bond motifs is 1. The number of hydrogen-bond donors (Lipinski definition) is 3. The second-order valence-corrected chi connectivity index (χ2v) is 7.51. The van der Waals surface area contributed by atoms with Crippen LogP contribution in [-0.2, 0) is 22.4 Å². The molecule has 0 saturated carbocycles. The highest BCUT2D eigenvalue weighted by atomic mass is 16.2. The first-order chi connectivity index (χ1) is 14.5. The number of carbonyl (C=O) groups excluding carboxylic acids is 2. The Labute approximate surface area is 177 Å². The van der Waals surface area contributed by atoms with E-state index in [1.54, 1.807) is 24.3 Å². The van der Waals surface area contributed by atoms with E-state index in [9.17, 15) is 14.9 Å². The summed E-state index contributed by atoms with van der Waals surface area (Å²) in [6.45, 7) is 3.35. The molecule has 0 saturated heterocycles. The molecule has 1 unspecified atom stereocenters. The summed E-state index contributed by atoms with van der Waals surface area (Å²) in [6.07, 6.45) is 6.01. The van der Waals surface area contributed by atoms with E-state index < -0.39 is 5.91 Å². The molecular formula is C24H26N4O2. The Morgan fingerprint density at radius 1 is 1.07 bits per heavy atom. The Kier molecular flexibility index (Phi) is 6.87. The van der Waals surface area contributed by atoms with Gasteiger partial charge in [0, 0.05) is 24.5 Å². The zero-order valence-electron chi connectivity index (χ0n) is 17.3. The lowest BCUT2D eigenvalue weighted by Crippen LogP contribution is -2.28. The number of nitrogens with one attached hydrogen (secondary N) is 3. The predicted octanol–water partition coefficient (Wildman–Crippen LogP) is 4.22. The van der Waals surface area contributed by atoms with Crippen LogP contribution in [0.1, 0.15) is 49.4 Å². The van der Waals surface area contributed by atoms with Gasteiger partial charge in [0.25, 0.3) is 5.91 Å². The Morgan fingerprint density at radius 2 is 1.80 bits per heavy atom. The minimum absolute atomic E-state index is 0.0234. The van der Waals surface area contributed by atoms with Crippen LogP contribution in [0.25, 0.3) is 0 Å². The first-order valence-corrected chi connectivity index (χ1v) is 10.1. The topological polar surface area (TPSA) is 94.0 Å². The minimum Gasteiger partial charge on any atom is -0.360 e. The summed E-state index contributed by atoms with van der Waals surface area (Å²) in [5, 5.41) is 18.0. The summed E-state index contributed by atoms with van der Waals surface area (Å²) in [6, 6.07) is 15.1. The number of benzene rings is 2. The molecule has 0 bridgehead atoms. The average Bonchev–Trinajstić information content (AvgIpc) is 2.73. The highest BCUT2D eigenvalue weighted by Crippen LogP contribution is 2.25. The van der Waals surface area contributed by atoms with E-state index in [-0.39, 0.29) is 17.5 Å². The molecule has 0 spiro atoms. The van der Waals surface area contributed by atoms with Gasteiger partial charge < -0.3 is 16.0 Å². The highest BCUT2D eigenvalue weighted by Gasteiger charge is 2.16. The number of rotatable bonds is 6. The second kappa shape index (κ2) is 9.75. The molecule has 154 valence electrons. The summed E-state index contributed by atoms with van der Waals surface area (Å²) in [5.41, 5.74) is 5.06. The van der Waals surface area contributed by atoms with Gasteiger partial charge >= 0.3 is 0 Å². The van der Waals surface area contributed by atoms with Crippen LogP contribution in [0.5, 0.6) is 0 Å². The maximum Gasteiger partial charge on any atom is 0.263 e. The third kappa shape index (κ3) is 5.48. The molecule has 2 amide bonds. The Hall–Kier alpha value is -3.59. The molecule has 6 heteroatoms. The first kappa shape index (κ1) is 21.1. The second-order valence-electron chi connectivity index (χ2n) is 7.51. The fourth-order valence-electron chi connectivity index (χ4n) is 3.57. The van der Waals surface area contributed by atoms with Crippen molar-refractivity contribution in [1.82, 2.24) is 5.32 Å². The molecule has 0 aliphatic heterocycles. The molecule has 2 aromatic rings. The van der Waals surface area contributed by atoms with Gasteiger partial charge in [-0.3, -0.25) is 9.59 Å². The van der Waals surface area contributed by atoms with Gasteiger partial charge in [0.15, 0.2) is 0 Å². The molecule has 0 heterocycles. The number of amides is 2. The molecule has 6 nitrogen and oxygen atoms in total. The third-order valence-electron chi connectivity index (χ3n) is 5.15. The average molecular weight is 402 g/mol. The number of carbonyl (C=O) groups is 2. The van der Waals surface area contributed by atoms with Crippen LogP contribution < -0.4 is 16.0 Å². The van der Waals surface area contributed by atoms with Crippen molar-refractivity contribution in [2.45, 2.75) is 45.6 Å². The van der Waals surface area contributed by atoms with E-state index in [1.165, 1.54) is 37.1 Å². The van der Waals surface area contributed by atoms with E-state index in [0.29, 0.717) is 11.4 Å². The fourth-order valence-corrected chi connectivity index (χ4v) is 3.57. The summed E-state index contributed by atoms with van der Waals surface area (Å²) < 4.78 is 0. The molecule has 1 atom stereocenters. The van der Waals surface area contributed by atoms with Crippen molar-refractivity contribution >= 4 is 23.2 Å². The quantitative estimate of drug-likeness (QED) is 0.498. The van der Waals surface area contributed by atoms with Crippen molar-refractivity contribution in [1.29, 1.82) is 5.26 Å². The number of anilines is 2. The standard InChI is InChI=1S/C24H26N4O2/c1-16(19-11-10-18-6-3-4-7-20(18)12-19)27-24(30)21(14-25)15-26-22-8-5-9-23(13-22)28-17(2)29/h5,8-13,15-16,26H,3-4,6-7H2,1-2H3,(H,27,30)(H,28,29)/b21-15-. The van der Waals surface area contributed by atoms with Crippen LogP contribution in [0, 0.1) is 11.3 Å². The predicted molar refractivity (Wildman–Crippen MR) is 118 cm³/mol. The lowest BCUT2D eigenvalue weighted by molar-refractivity contribution is -0.117. The largest absolute Gasteiger partial charge is 0.360 e. The van der Waals surface area contributed by atoms with Gasteiger partial charge in [-0.05, 0) is 67.5 Å². The molecule has 0 radical (unpaired) electrons. The summed E-state index contributed by atoms with van der Waals surface area (Å²) in [5.74, 6) is -0.607. The fraction of sp³-hybridized carbons (Fsp3) is 0.292. The smallest absolute Gasteiger partial charge is 0.263 e. The zero-order valence-corrected chi connectivity index (χ0v) is 17.3. The third-order valence-corrected chi connectivity index (χ3v) is 5.15. The summed E-state index contributed by atoms with van der Waals surface area (Å²) >= 11 is 0. The van der Waals surface area contributed by atoms with Gasteiger partial charge in [0.1, 0.15) is 11.6 Å². The molecule has 0 aromatic heterocycles. The van der Waals surface area contributed by atoms with E-state index in [2.05, 4.69) is 34.1 Å². The van der Waals surface area contributed by atoms with Gasteiger partial charge in [-0.15, -0.1) is 0 Å². The van der Waals surface area contributed by atoms with Crippen LogP contribution in [0.2, 0.25) is 0 Å². The molecule has 1 aliphatic rings. The molecule has 0 fully saturated rings. The number of nitrogens with zero attached hydrogens (tertiary/aromatic N) is 1. The van der Waals surface area contributed by atoms with Gasteiger partial charge in [0.2, 0.25) is 5.91 Å². The molecule has 2 aromatic carbocycles. The van der Waals surface area contributed by atoms with E-state index in [4.69, 9.17) is 0 Å². The van der Waals surface area contributed by atoms with Crippen LogP contribution >= 0.6 is 0 Å². The van der Waals surface area contributed by atoms with E-state index in [1.807, 2.05) is 13.0 Å². The monoisotopic (exact) mass is 402 g/mol. The van der Waals surface area contributed by atoms with Crippen LogP contribution in [0.3, 0.4) is 0 Å². The zero-order chi connectivity index (χ0) is 21.5. The number of nitriles is 1.